The molecule has 0 radical (unpaired) electrons. The van der Waals surface area contributed by atoms with Crippen LogP contribution in [0.2, 0.25) is 0 Å². The number of anilines is 1. The summed E-state index contributed by atoms with van der Waals surface area (Å²) in [6.45, 7) is 0.242. The lowest BCUT2D eigenvalue weighted by atomic mass is 10.1. The second-order valence-electron chi connectivity index (χ2n) is 6.34. The molecular weight excluding hydrogens is 392 g/mol. The summed E-state index contributed by atoms with van der Waals surface area (Å²) in [7, 11) is 3.19. The van der Waals surface area contributed by atoms with Crippen LogP contribution in [0.25, 0.3) is 11.3 Å². The largest absolute Gasteiger partial charge is 0.493 e. The van der Waals surface area contributed by atoms with Gasteiger partial charge in [0, 0.05) is 17.4 Å². The minimum Gasteiger partial charge on any atom is -0.493 e. The highest BCUT2D eigenvalue weighted by Gasteiger charge is 2.14. The number of nitrogens with one attached hydrogen (secondary N) is 1. The predicted octanol–water partition coefficient (Wildman–Crippen LogP) is 4.13. The van der Waals surface area contributed by atoms with Gasteiger partial charge in [0.15, 0.2) is 28.1 Å². The molecule has 0 fully saturated rings. The third-order valence-electron chi connectivity index (χ3n) is 4.51. The molecule has 1 amide bonds. The maximum absolute atomic E-state index is 12.3. The van der Waals surface area contributed by atoms with Crippen molar-refractivity contribution in [1.82, 2.24) is 4.98 Å². The van der Waals surface area contributed by atoms with Gasteiger partial charge in [-0.25, -0.2) is 4.98 Å². The number of nitrogens with zero attached hydrogens (tertiary/aromatic N) is 1. The van der Waals surface area contributed by atoms with Gasteiger partial charge >= 0.3 is 0 Å². The van der Waals surface area contributed by atoms with Gasteiger partial charge < -0.3 is 24.3 Å². The Morgan fingerprint density at radius 1 is 1.10 bits per heavy atom. The molecule has 1 aliphatic heterocycles. The first-order valence-corrected chi connectivity index (χ1v) is 9.90. The SMILES string of the molecule is COc1ccc(-c2csc(NC(=O)CCc3ccc4c(c3)OCO4)n2)cc1OC. The van der Waals surface area contributed by atoms with Crippen molar-refractivity contribution < 1.29 is 23.7 Å². The summed E-state index contributed by atoms with van der Waals surface area (Å²) in [4.78, 5) is 16.8. The van der Waals surface area contributed by atoms with E-state index >= 15 is 0 Å². The van der Waals surface area contributed by atoms with Crippen LogP contribution >= 0.6 is 11.3 Å². The number of hydrogen-bond acceptors (Lipinski definition) is 7. The van der Waals surface area contributed by atoms with Gasteiger partial charge in [-0.3, -0.25) is 4.79 Å². The standard InChI is InChI=1S/C21H20N2O5S/c1-25-16-7-5-14(10-18(16)26-2)15-11-29-21(22-15)23-20(24)8-4-13-3-6-17-19(9-13)28-12-27-17/h3,5-7,9-11H,4,8,12H2,1-2H3,(H,22,23,24). The van der Waals surface area contributed by atoms with E-state index in [0.717, 1.165) is 28.3 Å². The third kappa shape index (κ3) is 4.27. The number of fused-ring (bicyclic) bond motifs is 1. The van der Waals surface area contributed by atoms with Crippen LogP contribution in [0.4, 0.5) is 5.13 Å². The minimum absolute atomic E-state index is 0.0871. The van der Waals surface area contributed by atoms with Crippen LogP contribution in [0, 0.1) is 0 Å². The number of carbonyl (C=O) groups is 1. The summed E-state index contributed by atoms with van der Waals surface area (Å²) in [6.07, 6.45) is 0.960. The highest BCUT2D eigenvalue weighted by molar-refractivity contribution is 7.14. The van der Waals surface area contributed by atoms with E-state index in [1.807, 2.05) is 41.8 Å². The molecule has 150 valence electrons. The molecule has 0 unspecified atom stereocenters. The van der Waals surface area contributed by atoms with Crippen LogP contribution in [-0.2, 0) is 11.2 Å². The summed E-state index contributed by atoms with van der Waals surface area (Å²) in [5.74, 6) is 2.66. The number of aromatic nitrogens is 1. The first-order chi connectivity index (χ1) is 14.2. The molecule has 1 aromatic heterocycles. The van der Waals surface area contributed by atoms with Crippen molar-refractivity contribution in [2.75, 3.05) is 26.3 Å². The monoisotopic (exact) mass is 412 g/mol. The number of aryl methyl sites for hydroxylation is 1. The molecule has 0 spiro atoms. The average Bonchev–Trinajstić information content (AvgIpc) is 3.40. The van der Waals surface area contributed by atoms with E-state index in [1.54, 1.807) is 14.2 Å². The summed E-state index contributed by atoms with van der Waals surface area (Å²) in [5, 5.41) is 5.32. The zero-order valence-corrected chi connectivity index (χ0v) is 16.9. The van der Waals surface area contributed by atoms with Crippen LogP contribution in [0.1, 0.15) is 12.0 Å². The van der Waals surface area contributed by atoms with Gasteiger partial charge in [-0.15, -0.1) is 11.3 Å². The molecule has 0 bridgehead atoms. The maximum Gasteiger partial charge on any atom is 0.231 e. The lowest BCUT2D eigenvalue weighted by Crippen LogP contribution is -2.12. The van der Waals surface area contributed by atoms with E-state index in [-0.39, 0.29) is 12.7 Å². The van der Waals surface area contributed by atoms with Gasteiger partial charge in [-0.2, -0.15) is 0 Å². The Bertz CT molecular complexity index is 1030. The van der Waals surface area contributed by atoms with Crippen molar-refractivity contribution >= 4 is 22.4 Å². The number of amides is 1. The van der Waals surface area contributed by atoms with Crippen molar-refractivity contribution in [3.8, 4) is 34.3 Å². The van der Waals surface area contributed by atoms with Crippen molar-refractivity contribution in [2.45, 2.75) is 12.8 Å². The van der Waals surface area contributed by atoms with E-state index in [2.05, 4.69) is 10.3 Å². The van der Waals surface area contributed by atoms with Gasteiger partial charge in [0.25, 0.3) is 0 Å². The smallest absolute Gasteiger partial charge is 0.231 e. The van der Waals surface area contributed by atoms with Crippen molar-refractivity contribution in [1.29, 1.82) is 0 Å². The molecule has 2 heterocycles. The molecule has 0 saturated carbocycles. The van der Waals surface area contributed by atoms with E-state index in [0.29, 0.717) is 29.5 Å². The normalized spacial score (nSPS) is 11.9. The van der Waals surface area contributed by atoms with Crippen LogP contribution in [0.5, 0.6) is 23.0 Å². The molecule has 0 saturated heterocycles. The Hall–Kier alpha value is -3.26. The molecule has 7 nitrogen and oxygen atoms in total. The van der Waals surface area contributed by atoms with Crippen LogP contribution in [0.3, 0.4) is 0 Å². The number of hydrogen-bond donors (Lipinski definition) is 1. The second-order valence-corrected chi connectivity index (χ2v) is 7.20. The van der Waals surface area contributed by atoms with E-state index in [9.17, 15) is 4.79 Å². The number of benzene rings is 2. The molecule has 0 aliphatic carbocycles. The number of rotatable bonds is 7. The molecule has 0 atom stereocenters. The van der Waals surface area contributed by atoms with Crippen molar-refractivity contribution in [2.24, 2.45) is 0 Å². The summed E-state index contributed by atoms with van der Waals surface area (Å²) in [5.41, 5.74) is 2.68. The van der Waals surface area contributed by atoms with E-state index in [1.165, 1.54) is 11.3 Å². The van der Waals surface area contributed by atoms with E-state index < -0.39 is 0 Å². The minimum atomic E-state index is -0.0871. The summed E-state index contributed by atoms with van der Waals surface area (Å²) in [6, 6.07) is 11.3. The second kappa shape index (κ2) is 8.40. The molecule has 1 N–H and O–H groups in total. The van der Waals surface area contributed by atoms with Crippen LogP contribution in [0.15, 0.2) is 41.8 Å². The predicted molar refractivity (Wildman–Crippen MR) is 110 cm³/mol. The fourth-order valence-electron chi connectivity index (χ4n) is 3.00. The quantitative estimate of drug-likeness (QED) is 0.629. The molecular formula is C21H20N2O5S. The lowest BCUT2D eigenvalue weighted by molar-refractivity contribution is -0.116. The van der Waals surface area contributed by atoms with Crippen LogP contribution in [-0.4, -0.2) is 31.9 Å². The van der Waals surface area contributed by atoms with Gasteiger partial charge in [-0.05, 0) is 42.3 Å². The Kier molecular flexibility index (Phi) is 5.53. The topological polar surface area (TPSA) is 78.9 Å². The van der Waals surface area contributed by atoms with E-state index in [4.69, 9.17) is 18.9 Å². The van der Waals surface area contributed by atoms with Gasteiger partial charge in [0.05, 0.1) is 19.9 Å². The van der Waals surface area contributed by atoms with Crippen molar-refractivity contribution in [3.63, 3.8) is 0 Å². The maximum atomic E-state index is 12.3. The number of ether oxygens (including phenoxy) is 4. The Morgan fingerprint density at radius 3 is 2.76 bits per heavy atom. The Labute approximate surface area is 172 Å². The van der Waals surface area contributed by atoms with Crippen LogP contribution < -0.4 is 24.3 Å². The molecule has 1 aliphatic rings. The molecule has 2 aromatic carbocycles. The Balaban J connectivity index is 1.37. The molecule has 3 aromatic rings. The molecule has 29 heavy (non-hydrogen) atoms. The lowest BCUT2D eigenvalue weighted by Gasteiger charge is -2.08. The highest BCUT2D eigenvalue weighted by atomic mass is 32.1. The number of methoxy groups -OCH3 is 2. The third-order valence-corrected chi connectivity index (χ3v) is 5.27. The zero-order chi connectivity index (χ0) is 20.2. The number of thiazole rings is 1. The summed E-state index contributed by atoms with van der Waals surface area (Å²) < 4.78 is 21.3. The van der Waals surface area contributed by atoms with Gasteiger partial charge in [-0.1, -0.05) is 6.07 Å². The average molecular weight is 412 g/mol. The molecule has 4 rings (SSSR count). The number of carbonyl (C=O) groups excluding carboxylic acids is 1. The highest BCUT2D eigenvalue weighted by Crippen LogP contribution is 2.34. The van der Waals surface area contributed by atoms with Crippen molar-refractivity contribution in [3.05, 3.63) is 47.3 Å². The first-order valence-electron chi connectivity index (χ1n) is 9.02. The fraction of sp³-hybridized carbons (Fsp3) is 0.238. The molecule has 8 heteroatoms. The first kappa shape index (κ1) is 19.1. The summed E-state index contributed by atoms with van der Waals surface area (Å²) >= 11 is 1.38. The van der Waals surface area contributed by atoms with Gasteiger partial charge in [0.2, 0.25) is 12.7 Å². The zero-order valence-electron chi connectivity index (χ0n) is 16.1. The fourth-order valence-corrected chi connectivity index (χ4v) is 3.73. The Morgan fingerprint density at radius 2 is 1.93 bits per heavy atom. The van der Waals surface area contributed by atoms with Gasteiger partial charge in [0.1, 0.15) is 0 Å².